The summed E-state index contributed by atoms with van der Waals surface area (Å²) >= 11 is 6.36. The lowest BCUT2D eigenvalue weighted by molar-refractivity contribution is -0.141. The molecule has 35 heavy (non-hydrogen) atoms. The second-order valence-electron chi connectivity index (χ2n) is 8.85. The number of carboxylic acid groups (broad SMARTS) is 1. The first-order valence-electron chi connectivity index (χ1n) is 11.3. The number of aliphatic carboxylic acids is 1. The van der Waals surface area contributed by atoms with E-state index in [4.69, 9.17) is 26.2 Å². The van der Waals surface area contributed by atoms with E-state index in [0.29, 0.717) is 60.3 Å². The number of ether oxygens (including phenoxy) is 2. The zero-order chi connectivity index (χ0) is 24.7. The SMILES string of the molecule is O=C(O)C1CC=C(c2cc(F)c(-c3nc4cc(O[C@@H]5CO[C@H](CO)C5)[nH]c4cc3Cl)c(F)c2)CC1. The summed E-state index contributed by atoms with van der Waals surface area (Å²) in [6.45, 7) is 0.263. The molecule has 5 rings (SSSR count). The molecule has 1 fully saturated rings. The highest BCUT2D eigenvalue weighted by Gasteiger charge is 2.27. The van der Waals surface area contributed by atoms with Crippen LogP contribution in [-0.2, 0) is 9.53 Å². The molecule has 0 radical (unpaired) electrons. The van der Waals surface area contributed by atoms with Crippen molar-refractivity contribution in [2.45, 2.75) is 37.9 Å². The second kappa shape index (κ2) is 9.56. The number of benzene rings is 1. The molecule has 10 heteroatoms. The summed E-state index contributed by atoms with van der Waals surface area (Å²) in [5.41, 5.74) is 1.70. The third-order valence-corrected chi connectivity index (χ3v) is 6.77. The number of rotatable bonds is 6. The highest BCUT2D eigenvalue weighted by atomic mass is 35.5. The number of allylic oxidation sites excluding steroid dienone is 2. The van der Waals surface area contributed by atoms with E-state index >= 15 is 8.78 Å². The van der Waals surface area contributed by atoms with E-state index in [1.54, 1.807) is 12.1 Å². The average Bonchev–Trinajstić information content (AvgIpc) is 3.44. The van der Waals surface area contributed by atoms with Crippen molar-refractivity contribution in [3.05, 3.63) is 52.6 Å². The van der Waals surface area contributed by atoms with E-state index in [2.05, 4.69) is 9.97 Å². The molecule has 3 heterocycles. The maximum Gasteiger partial charge on any atom is 0.306 e. The van der Waals surface area contributed by atoms with Gasteiger partial charge in [-0.05, 0) is 48.6 Å². The van der Waals surface area contributed by atoms with Crippen LogP contribution in [0.1, 0.15) is 31.2 Å². The van der Waals surface area contributed by atoms with Crippen LogP contribution in [-0.4, -0.2) is 51.6 Å². The number of pyridine rings is 1. The van der Waals surface area contributed by atoms with Gasteiger partial charge in [-0.1, -0.05) is 17.7 Å². The molecule has 0 spiro atoms. The number of nitrogens with zero attached hydrogens (tertiary/aromatic N) is 1. The monoisotopic (exact) mass is 504 g/mol. The van der Waals surface area contributed by atoms with Crippen LogP contribution in [0.2, 0.25) is 5.02 Å². The smallest absolute Gasteiger partial charge is 0.306 e. The number of aliphatic hydroxyl groups excluding tert-OH is 1. The number of hydrogen-bond donors (Lipinski definition) is 3. The molecule has 7 nitrogen and oxygen atoms in total. The summed E-state index contributed by atoms with van der Waals surface area (Å²) < 4.78 is 41.6. The summed E-state index contributed by atoms with van der Waals surface area (Å²) in [6, 6.07) is 5.63. The molecule has 0 saturated carbocycles. The zero-order valence-corrected chi connectivity index (χ0v) is 19.3. The maximum atomic E-state index is 15.2. The van der Waals surface area contributed by atoms with Crippen LogP contribution >= 0.6 is 11.6 Å². The van der Waals surface area contributed by atoms with Gasteiger partial charge in [-0.25, -0.2) is 13.8 Å². The van der Waals surface area contributed by atoms with Crippen LogP contribution in [0, 0.1) is 17.6 Å². The molecule has 1 saturated heterocycles. The normalized spacial score (nSPS) is 22.4. The lowest BCUT2D eigenvalue weighted by atomic mass is 9.86. The van der Waals surface area contributed by atoms with Gasteiger partial charge in [-0.2, -0.15) is 0 Å². The van der Waals surface area contributed by atoms with Gasteiger partial charge < -0.3 is 24.7 Å². The Bertz CT molecular complexity index is 1300. The molecule has 1 aliphatic heterocycles. The number of carboxylic acids is 1. The van der Waals surface area contributed by atoms with Gasteiger partial charge in [0.25, 0.3) is 0 Å². The molecule has 184 valence electrons. The first-order valence-corrected chi connectivity index (χ1v) is 11.7. The topological polar surface area (TPSA) is 105 Å². The number of nitrogens with one attached hydrogen (secondary N) is 1. The van der Waals surface area contributed by atoms with Crippen LogP contribution in [0.25, 0.3) is 27.9 Å². The third kappa shape index (κ3) is 4.76. The van der Waals surface area contributed by atoms with E-state index < -0.39 is 23.5 Å². The summed E-state index contributed by atoms with van der Waals surface area (Å²) in [5, 5.41) is 18.4. The highest BCUT2D eigenvalue weighted by molar-refractivity contribution is 6.33. The van der Waals surface area contributed by atoms with Gasteiger partial charge in [0.15, 0.2) is 5.88 Å². The van der Waals surface area contributed by atoms with Gasteiger partial charge in [-0.3, -0.25) is 4.79 Å². The number of carbonyl (C=O) groups is 1. The molecule has 1 aromatic carbocycles. The van der Waals surface area contributed by atoms with Crippen molar-refractivity contribution in [2.24, 2.45) is 5.92 Å². The van der Waals surface area contributed by atoms with Gasteiger partial charge in [0.1, 0.15) is 17.7 Å². The Morgan fingerprint density at radius 2 is 2.03 bits per heavy atom. The zero-order valence-electron chi connectivity index (χ0n) is 18.6. The standard InChI is InChI=1S/C25H23ClF2N2O5/c26-17-8-20-21(9-22(29-20)35-16-7-15(10-31)34-11-16)30-24(17)23-18(27)5-14(6-19(23)28)12-1-3-13(4-2-12)25(32)33/h1,5-6,8-9,13,15-16,29,31H,2-4,7,10-11H2,(H,32,33)/t13?,15-,16-/m0/s1. The molecular formula is C25H23ClF2N2O5. The molecule has 1 unspecified atom stereocenters. The van der Waals surface area contributed by atoms with Crippen LogP contribution < -0.4 is 4.74 Å². The van der Waals surface area contributed by atoms with Crippen LogP contribution in [0.5, 0.6) is 5.88 Å². The molecule has 3 aromatic rings. The van der Waals surface area contributed by atoms with Crippen molar-refractivity contribution < 1.29 is 33.3 Å². The van der Waals surface area contributed by atoms with Crippen molar-refractivity contribution in [2.75, 3.05) is 13.2 Å². The number of aliphatic hydroxyl groups is 1. The number of aromatic nitrogens is 2. The van der Waals surface area contributed by atoms with Crippen LogP contribution in [0.4, 0.5) is 8.78 Å². The van der Waals surface area contributed by atoms with Crippen molar-refractivity contribution in [1.29, 1.82) is 0 Å². The summed E-state index contributed by atoms with van der Waals surface area (Å²) in [6.07, 6.45) is 2.94. The van der Waals surface area contributed by atoms with Crippen LogP contribution in [0.15, 0.2) is 30.3 Å². The molecule has 2 aromatic heterocycles. The molecule has 3 atom stereocenters. The maximum absolute atomic E-state index is 15.2. The lowest BCUT2D eigenvalue weighted by Crippen LogP contribution is -2.17. The number of hydrogen-bond acceptors (Lipinski definition) is 5. The number of fused-ring (bicyclic) bond motifs is 1. The number of aromatic amines is 1. The van der Waals surface area contributed by atoms with E-state index in [1.165, 1.54) is 18.2 Å². The van der Waals surface area contributed by atoms with Gasteiger partial charge in [0.05, 0.1) is 52.5 Å². The van der Waals surface area contributed by atoms with E-state index in [-0.39, 0.29) is 35.1 Å². The van der Waals surface area contributed by atoms with Crippen molar-refractivity contribution in [3.8, 4) is 17.1 Å². The fraction of sp³-hybridized carbons (Fsp3) is 0.360. The number of halogens is 3. The van der Waals surface area contributed by atoms with Gasteiger partial charge >= 0.3 is 5.97 Å². The van der Waals surface area contributed by atoms with E-state index in [0.717, 1.165) is 0 Å². The summed E-state index contributed by atoms with van der Waals surface area (Å²) in [7, 11) is 0. The summed E-state index contributed by atoms with van der Waals surface area (Å²) in [4.78, 5) is 18.6. The molecule has 0 bridgehead atoms. The summed E-state index contributed by atoms with van der Waals surface area (Å²) in [5.74, 6) is -2.54. The third-order valence-electron chi connectivity index (χ3n) is 6.48. The largest absolute Gasteiger partial charge is 0.481 e. The minimum atomic E-state index is -0.867. The first-order chi connectivity index (χ1) is 16.8. The van der Waals surface area contributed by atoms with Crippen molar-refractivity contribution in [1.82, 2.24) is 9.97 Å². The van der Waals surface area contributed by atoms with Gasteiger partial charge in [0.2, 0.25) is 0 Å². The Morgan fingerprint density at radius 1 is 1.26 bits per heavy atom. The Morgan fingerprint density at radius 3 is 2.66 bits per heavy atom. The Kier molecular flexibility index (Phi) is 6.48. The average molecular weight is 505 g/mol. The first kappa shape index (κ1) is 23.7. The molecule has 3 N–H and O–H groups in total. The van der Waals surface area contributed by atoms with E-state index in [1.807, 2.05) is 0 Å². The quantitative estimate of drug-likeness (QED) is 0.438. The van der Waals surface area contributed by atoms with Gasteiger partial charge in [0, 0.05) is 12.5 Å². The fourth-order valence-corrected chi connectivity index (χ4v) is 4.86. The predicted octanol–water partition coefficient (Wildman–Crippen LogP) is 4.96. The molecule has 1 aliphatic carbocycles. The second-order valence-corrected chi connectivity index (χ2v) is 9.26. The fourth-order valence-electron chi connectivity index (χ4n) is 4.61. The predicted molar refractivity (Wildman–Crippen MR) is 125 cm³/mol. The van der Waals surface area contributed by atoms with Crippen molar-refractivity contribution in [3.63, 3.8) is 0 Å². The minimum absolute atomic E-state index is 0.0284. The minimum Gasteiger partial charge on any atom is -0.481 e. The Labute approximate surface area is 204 Å². The van der Waals surface area contributed by atoms with E-state index in [9.17, 15) is 9.90 Å². The highest BCUT2D eigenvalue weighted by Crippen LogP contribution is 2.37. The van der Waals surface area contributed by atoms with Crippen molar-refractivity contribution >= 4 is 34.2 Å². The molecule has 0 amide bonds. The Hall–Kier alpha value is -3.01. The Balaban J connectivity index is 1.42. The lowest BCUT2D eigenvalue weighted by Gasteiger charge is -2.19. The van der Waals surface area contributed by atoms with Crippen LogP contribution in [0.3, 0.4) is 0 Å². The molecular weight excluding hydrogens is 482 g/mol. The number of H-pyrrole nitrogens is 1. The molecule has 2 aliphatic rings. The van der Waals surface area contributed by atoms with Gasteiger partial charge in [-0.15, -0.1) is 0 Å².